The molecular formula is C6H12O3S. The van der Waals surface area contributed by atoms with Crippen LogP contribution in [0.5, 0.6) is 0 Å². The lowest BCUT2D eigenvalue weighted by Crippen LogP contribution is -2.32. The maximum atomic E-state index is 8.91. The summed E-state index contributed by atoms with van der Waals surface area (Å²) < 4.78 is 4.94. The lowest BCUT2D eigenvalue weighted by atomic mass is 10.4. The molecule has 0 bridgehead atoms. The van der Waals surface area contributed by atoms with Gasteiger partial charge in [-0.3, -0.25) is 0 Å². The van der Waals surface area contributed by atoms with Crippen molar-refractivity contribution in [3.8, 4) is 0 Å². The molecular weight excluding hydrogens is 152 g/mol. The van der Waals surface area contributed by atoms with E-state index < -0.39 is 6.10 Å². The molecule has 0 saturated carbocycles. The zero-order valence-corrected chi connectivity index (χ0v) is 6.51. The lowest BCUT2D eigenvalue weighted by molar-refractivity contribution is 0.0449. The highest BCUT2D eigenvalue weighted by molar-refractivity contribution is 8.00. The summed E-state index contributed by atoms with van der Waals surface area (Å²) >= 11 is 1.66. The van der Waals surface area contributed by atoms with E-state index in [-0.39, 0.29) is 6.61 Å². The second kappa shape index (κ2) is 4.18. The molecule has 1 atom stereocenters. The molecule has 1 fully saturated rings. The van der Waals surface area contributed by atoms with Crippen LogP contribution in [-0.2, 0) is 4.74 Å². The van der Waals surface area contributed by atoms with Gasteiger partial charge < -0.3 is 14.9 Å². The van der Waals surface area contributed by atoms with Crippen molar-refractivity contribution in [1.82, 2.24) is 0 Å². The van der Waals surface area contributed by atoms with Crippen LogP contribution in [0.15, 0.2) is 0 Å². The first kappa shape index (κ1) is 8.33. The maximum Gasteiger partial charge on any atom is 0.0861 e. The molecule has 4 heteroatoms. The van der Waals surface area contributed by atoms with Crippen LogP contribution in [0.2, 0.25) is 0 Å². The van der Waals surface area contributed by atoms with E-state index in [2.05, 4.69) is 0 Å². The van der Waals surface area contributed by atoms with Crippen LogP contribution in [0.1, 0.15) is 0 Å². The molecule has 2 N–H and O–H groups in total. The number of hydrogen-bond donors (Lipinski definition) is 2. The molecule has 1 saturated heterocycles. The molecule has 0 amide bonds. The highest BCUT2D eigenvalue weighted by Crippen LogP contribution is 2.19. The minimum absolute atomic E-state index is 0.138. The topological polar surface area (TPSA) is 49.7 Å². The monoisotopic (exact) mass is 164 g/mol. The van der Waals surface area contributed by atoms with Crippen molar-refractivity contribution in [2.45, 2.75) is 11.4 Å². The van der Waals surface area contributed by atoms with E-state index in [0.717, 1.165) is 13.2 Å². The fraction of sp³-hybridized carbons (Fsp3) is 1.00. The Morgan fingerprint density at radius 1 is 1.60 bits per heavy atom. The standard InChI is InChI=1S/C6H12O3S/c7-1-5(8)4-10-6-2-9-3-6/h5-8H,1-4H2. The Kier molecular flexibility index (Phi) is 3.48. The summed E-state index contributed by atoms with van der Waals surface area (Å²) in [5.41, 5.74) is 0. The first-order chi connectivity index (χ1) is 4.83. The van der Waals surface area contributed by atoms with Gasteiger partial charge in [0.25, 0.3) is 0 Å². The number of thioether (sulfide) groups is 1. The van der Waals surface area contributed by atoms with E-state index >= 15 is 0 Å². The number of hydrogen-bond acceptors (Lipinski definition) is 4. The van der Waals surface area contributed by atoms with E-state index in [4.69, 9.17) is 14.9 Å². The molecule has 1 aliphatic rings. The van der Waals surface area contributed by atoms with Crippen molar-refractivity contribution in [2.75, 3.05) is 25.6 Å². The summed E-state index contributed by atoms with van der Waals surface area (Å²) in [6.07, 6.45) is -0.564. The maximum absolute atomic E-state index is 8.91. The minimum Gasteiger partial charge on any atom is -0.394 e. The molecule has 60 valence electrons. The molecule has 0 aliphatic carbocycles. The van der Waals surface area contributed by atoms with Crippen LogP contribution in [0, 0.1) is 0 Å². The molecule has 10 heavy (non-hydrogen) atoms. The molecule has 3 nitrogen and oxygen atoms in total. The third-order valence-electron chi connectivity index (χ3n) is 1.34. The van der Waals surface area contributed by atoms with Gasteiger partial charge in [0, 0.05) is 5.75 Å². The van der Waals surface area contributed by atoms with Gasteiger partial charge in [-0.25, -0.2) is 0 Å². The van der Waals surface area contributed by atoms with E-state index in [1.807, 2.05) is 0 Å². The molecule has 1 rings (SSSR count). The van der Waals surface area contributed by atoms with Crippen molar-refractivity contribution < 1.29 is 14.9 Å². The van der Waals surface area contributed by atoms with Crippen LogP contribution in [0.3, 0.4) is 0 Å². The van der Waals surface area contributed by atoms with Gasteiger partial charge in [-0.1, -0.05) is 0 Å². The zero-order chi connectivity index (χ0) is 7.40. The normalized spacial score (nSPS) is 22.2. The third kappa shape index (κ3) is 2.46. The molecule has 0 radical (unpaired) electrons. The van der Waals surface area contributed by atoms with Crippen molar-refractivity contribution in [2.24, 2.45) is 0 Å². The fourth-order valence-electron chi connectivity index (χ4n) is 0.610. The van der Waals surface area contributed by atoms with Crippen LogP contribution in [0.4, 0.5) is 0 Å². The van der Waals surface area contributed by atoms with Crippen LogP contribution in [-0.4, -0.2) is 47.1 Å². The predicted octanol–water partition coefficient (Wildman–Crippen LogP) is -0.528. The zero-order valence-electron chi connectivity index (χ0n) is 5.69. The quantitative estimate of drug-likeness (QED) is 0.586. The predicted molar refractivity (Wildman–Crippen MR) is 40.2 cm³/mol. The summed E-state index contributed by atoms with van der Waals surface area (Å²) in [6.45, 7) is 1.45. The summed E-state index contributed by atoms with van der Waals surface area (Å²) in [5.74, 6) is 0.616. The van der Waals surface area contributed by atoms with Gasteiger partial charge in [0.15, 0.2) is 0 Å². The molecule has 0 aromatic rings. The SMILES string of the molecule is OCC(O)CSC1COC1. The molecule has 0 aromatic heterocycles. The van der Waals surface area contributed by atoms with Gasteiger partial charge in [0.2, 0.25) is 0 Å². The third-order valence-corrected chi connectivity index (χ3v) is 2.66. The second-order valence-corrected chi connectivity index (χ2v) is 3.66. The van der Waals surface area contributed by atoms with Crippen LogP contribution >= 0.6 is 11.8 Å². The van der Waals surface area contributed by atoms with E-state index in [9.17, 15) is 0 Å². The van der Waals surface area contributed by atoms with E-state index in [1.165, 1.54) is 0 Å². The highest BCUT2D eigenvalue weighted by Gasteiger charge is 2.19. The van der Waals surface area contributed by atoms with E-state index in [0.29, 0.717) is 11.0 Å². The first-order valence-corrected chi connectivity index (χ1v) is 4.36. The minimum atomic E-state index is -0.564. The van der Waals surface area contributed by atoms with Gasteiger partial charge in [-0.15, -0.1) is 0 Å². The van der Waals surface area contributed by atoms with Crippen LogP contribution in [0.25, 0.3) is 0 Å². The molecule has 0 spiro atoms. The van der Waals surface area contributed by atoms with Crippen molar-refractivity contribution >= 4 is 11.8 Å². The Morgan fingerprint density at radius 2 is 2.30 bits per heavy atom. The largest absolute Gasteiger partial charge is 0.394 e. The fourth-order valence-corrected chi connectivity index (χ4v) is 1.59. The number of aliphatic hydroxyl groups excluding tert-OH is 2. The van der Waals surface area contributed by atoms with Gasteiger partial charge in [-0.05, 0) is 0 Å². The van der Waals surface area contributed by atoms with Gasteiger partial charge in [0.1, 0.15) is 0 Å². The smallest absolute Gasteiger partial charge is 0.0861 e. The molecule has 1 heterocycles. The average Bonchev–Trinajstić information content (AvgIpc) is 1.84. The Hall–Kier alpha value is 0.230. The van der Waals surface area contributed by atoms with E-state index in [1.54, 1.807) is 11.8 Å². The highest BCUT2D eigenvalue weighted by atomic mass is 32.2. The summed E-state index contributed by atoms with van der Waals surface area (Å²) in [5, 5.41) is 17.9. The Labute approximate surface area is 64.4 Å². The summed E-state index contributed by atoms with van der Waals surface area (Å²) in [4.78, 5) is 0. The first-order valence-electron chi connectivity index (χ1n) is 3.31. The van der Waals surface area contributed by atoms with Crippen molar-refractivity contribution in [1.29, 1.82) is 0 Å². The van der Waals surface area contributed by atoms with Crippen molar-refractivity contribution in [3.05, 3.63) is 0 Å². The van der Waals surface area contributed by atoms with Crippen molar-refractivity contribution in [3.63, 3.8) is 0 Å². The molecule has 1 aliphatic heterocycles. The molecule has 1 unspecified atom stereocenters. The number of aliphatic hydroxyl groups is 2. The number of ether oxygens (including phenoxy) is 1. The Bertz CT molecular complexity index is 90.2. The van der Waals surface area contributed by atoms with Gasteiger partial charge in [-0.2, -0.15) is 11.8 Å². The average molecular weight is 164 g/mol. The van der Waals surface area contributed by atoms with Gasteiger partial charge >= 0.3 is 0 Å². The number of rotatable bonds is 4. The second-order valence-electron chi connectivity index (χ2n) is 2.33. The Morgan fingerprint density at radius 3 is 2.70 bits per heavy atom. The Balaban J connectivity index is 1.93. The molecule has 0 aromatic carbocycles. The lowest BCUT2D eigenvalue weighted by Gasteiger charge is -2.25. The summed E-state index contributed by atoms with van der Waals surface area (Å²) in [6, 6.07) is 0. The van der Waals surface area contributed by atoms with Crippen LogP contribution < -0.4 is 0 Å². The summed E-state index contributed by atoms with van der Waals surface area (Å²) in [7, 11) is 0. The van der Waals surface area contributed by atoms with Gasteiger partial charge in [0.05, 0.1) is 31.2 Å².